The van der Waals surface area contributed by atoms with Crippen LogP contribution in [0, 0.1) is 6.92 Å². The van der Waals surface area contributed by atoms with E-state index in [9.17, 15) is 4.79 Å². The summed E-state index contributed by atoms with van der Waals surface area (Å²) in [5, 5.41) is 0.475. The highest BCUT2D eigenvalue weighted by atomic mass is 32.2. The van der Waals surface area contributed by atoms with Crippen LogP contribution in [0.4, 0.5) is 0 Å². The number of benzene rings is 3. The van der Waals surface area contributed by atoms with E-state index in [-0.39, 0.29) is 11.8 Å². The van der Waals surface area contributed by atoms with Gasteiger partial charge in [0.2, 0.25) is 5.91 Å². The molecular weight excluding hydrogens is 386 g/mol. The molecule has 4 rings (SSSR count). The highest BCUT2D eigenvalue weighted by Gasteiger charge is 2.26. The molecule has 0 saturated carbocycles. The Morgan fingerprint density at radius 2 is 1.50 bits per heavy atom. The molecule has 0 spiro atoms. The molecule has 0 radical (unpaired) electrons. The van der Waals surface area contributed by atoms with Gasteiger partial charge in [-0.05, 0) is 35.6 Å². The van der Waals surface area contributed by atoms with Gasteiger partial charge in [-0.15, -0.1) is 0 Å². The molecule has 3 heteroatoms. The second-order valence-corrected chi connectivity index (χ2v) is 9.27. The van der Waals surface area contributed by atoms with Crippen LogP contribution in [0.5, 0.6) is 0 Å². The number of carbonyl (C=O) groups is 1. The summed E-state index contributed by atoms with van der Waals surface area (Å²) in [5.74, 6) is 1.35. The summed E-state index contributed by atoms with van der Waals surface area (Å²) in [6.07, 6.45) is 1.54. The third-order valence-electron chi connectivity index (χ3n) is 6.01. The molecule has 3 aromatic carbocycles. The number of nitrogens with zero attached hydrogens (tertiary/aromatic N) is 1. The van der Waals surface area contributed by atoms with Gasteiger partial charge in [-0.25, -0.2) is 0 Å². The molecule has 0 aromatic heterocycles. The SMILES string of the molecule is Cc1ccccc1C1CCN(C(=O)CC(c2ccccc2)c2ccccc2)CCS1. The Morgan fingerprint density at radius 1 is 0.900 bits per heavy atom. The van der Waals surface area contributed by atoms with E-state index in [4.69, 9.17) is 0 Å². The molecule has 0 bridgehead atoms. The monoisotopic (exact) mass is 415 g/mol. The number of amides is 1. The van der Waals surface area contributed by atoms with Crippen molar-refractivity contribution in [3.63, 3.8) is 0 Å². The molecule has 154 valence electrons. The molecule has 2 nitrogen and oxygen atoms in total. The van der Waals surface area contributed by atoms with Crippen molar-refractivity contribution >= 4 is 17.7 Å². The molecule has 0 aliphatic carbocycles. The number of carbonyl (C=O) groups excluding carboxylic acids is 1. The Labute approximate surface area is 184 Å². The molecule has 1 atom stereocenters. The van der Waals surface area contributed by atoms with E-state index in [1.807, 2.05) is 23.9 Å². The first-order valence-electron chi connectivity index (χ1n) is 10.8. The van der Waals surface area contributed by atoms with E-state index in [0.717, 1.165) is 25.3 Å². The predicted molar refractivity (Wildman–Crippen MR) is 127 cm³/mol. The molecule has 1 fully saturated rings. The highest BCUT2D eigenvalue weighted by Crippen LogP contribution is 2.36. The van der Waals surface area contributed by atoms with E-state index in [1.165, 1.54) is 22.3 Å². The maximum absolute atomic E-state index is 13.3. The minimum absolute atomic E-state index is 0.1000. The Balaban J connectivity index is 1.47. The lowest BCUT2D eigenvalue weighted by Gasteiger charge is -2.24. The zero-order valence-electron chi connectivity index (χ0n) is 17.5. The lowest BCUT2D eigenvalue weighted by Crippen LogP contribution is -2.34. The van der Waals surface area contributed by atoms with Crippen LogP contribution in [-0.2, 0) is 4.79 Å². The summed E-state index contributed by atoms with van der Waals surface area (Å²) in [6, 6.07) is 29.5. The molecule has 3 aromatic rings. The third-order valence-corrected chi connectivity index (χ3v) is 7.32. The van der Waals surface area contributed by atoms with Crippen LogP contribution < -0.4 is 0 Å². The van der Waals surface area contributed by atoms with E-state index in [1.54, 1.807) is 0 Å². The van der Waals surface area contributed by atoms with Crippen molar-refractivity contribution in [2.45, 2.75) is 30.9 Å². The second-order valence-electron chi connectivity index (χ2n) is 7.96. The summed E-state index contributed by atoms with van der Waals surface area (Å²) in [6.45, 7) is 3.86. The molecule has 30 heavy (non-hydrogen) atoms. The zero-order valence-corrected chi connectivity index (χ0v) is 18.4. The topological polar surface area (TPSA) is 20.3 Å². The fraction of sp³-hybridized carbons (Fsp3) is 0.296. The molecule has 1 aliphatic rings. The molecule has 0 N–H and O–H groups in total. The summed E-state index contributed by atoms with van der Waals surface area (Å²) >= 11 is 1.99. The van der Waals surface area contributed by atoms with Crippen molar-refractivity contribution in [1.29, 1.82) is 0 Å². The smallest absolute Gasteiger partial charge is 0.223 e. The minimum atomic E-state index is 0.1000. The number of hydrogen-bond donors (Lipinski definition) is 0. The number of rotatable bonds is 5. The van der Waals surface area contributed by atoms with Gasteiger partial charge >= 0.3 is 0 Å². The average Bonchev–Trinajstić information content (AvgIpc) is 3.05. The van der Waals surface area contributed by atoms with Crippen molar-refractivity contribution in [1.82, 2.24) is 4.90 Å². The number of thioether (sulfide) groups is 1. The van der Waals surface area contributed by atoms with Gasteiger partial charge in [0.15, 0.2) is 0 Å². The van der Waals surface area contributed by atoms with Crippen LogP contribution in [0.15, 0.2) is 84.9 Å². The molecule has 1 amide bonds. The first-order chi connectivity index (χ1) is 14.7. The lowest BCUT2D eigenvalue weighted by atomic mass is 9.88. The number of aryl methyl sites for hydroxylation is 1. The van der Waals surface area contributed by atoms with E-state index in [0.29, 0.717) is 11.7 Å². The van der Waals surface area contributed by atoms with E-state index in [2.05, 4.69) is 84.6 Å². The normalized spacial score (nSPS) is 17.0. The van der Waals surface area contributed by atoms with Gasteiger partial charge in [0, 0.05) is 36.4 Å². The first-order valence-corrected chi connectivity index (χ1v) is 11.8. The van der Waals surface area contributed by atoms with E-state index >= 15 is 0 Å². The van der Waals surface area contributed by atoms with Gasteiger partial charge in [0.1, 0.15) is 0 Å². The quantitative estimate of drug-likeness (QED) is 0.493. The van der Waals surface area contributed by atoms with Crippen molar-refractivity contribution in [2.24, 2.45) is 0 Å². The second kappa shape index (κ2) is 9.99. The molecule has 1 unspecified atom stereocenters. The van der Waals surface area contributed by atoms with Crippen molar-refractivity contribution in [3.05, 3.63) is 107 Å². The van der Waals surface area contributed by atoms with Crippen molar-refractivity contribution < 1.29 is 4.79 Å². The average molecular weight is 416 g/mol. The Bertz CT molecular complexity index is 917. The number of hydrogen-bond acceptors (Lipinski definition) is 2. The molecule has 1 aliphatic heterocycles. The zero-order chi connectivity index (χ0) is 20.8. The van der Waals surface area contributed by atoms with E-state index < -0.39 is 0 Å². The van der Waals surface area contributed by atoms with Crippen molar-refractivity contribution in [3.8, 4) is 0 Å². The van der Waals surface area contributed by atoms with Gasteiger partial charge in [-0.1, -0.05) is 84.9 Å². The van der Waals surface area contributed by atoms with Gasteiger partial charge in [0.05, 0.1) is 0 Å². The third kappa shape index (κ3) is 4.96. The van der Waals surface area contributed by atoms with Gasteiger partial charge in [-0.2, -0.15) is 11.8 Å². The van der Waals surface area contributed by atoms with Crippen LogP contribution in [0.1, 0.15) is 46.3 Å². The summed E-state index contributed by atoms with van der Waals surface area (Å²) in [5.41, 5.74) is 5.18. The van der Waals surface area contributed by atoms with Crippen LogP contribution in [0.3, 0.4) is 0 Å². The Morgan fingerprint density at radius 3 is 2.13 bits per heavy atom. The maximum Gasteiger partial charge on any atom is 0.223 e. The van der Waals surface area contributed by atoms with Crippen LogP contribution >= 0.6 is 11.8 Å². The van der Waals surface area contributed by atoms with Gasteiger partial charge < -0.3 is 4.90 Å². The highest BCUT2D eigenvalue weighted by molar-refractivity contribution is 7.99. The fourth-order valence-electron chi connectivity index (χ4n) is 4.32. The van der Waals surface area contributed by atoms with Gasteiger partial charge in [0.25, 0.3) is 0 Å². The van der Waals surface area contributed by atoms with Crippen molar-refractivity contribution in [2.75, 3.05) is 18.8 Å². The Kier molecular flexibility index (Phi) is 6.91. The largest absolute Gasteiger partial charge is 0.342 e. The first kappa shape index (κ1) is 20.7. The standard InChI is InChI=1S/C27H29NOS/c1-21-10-8-9-15-24(21)26-16-17-28(18-19-30-26)27(29)20-25(22-11-4-2-5-12-22)23-13-6-3-7-14-23/h2-15,25-26H,16-20H2,1H3. The molecule has 1 heterocycles. The molecule has 1 saturated heterocycles. The summed E-state index contributed by atoms with van der Waals surface area (Å²) < 4.78 is 0. The Hall–Kier alpha value is -2.52. The molecular formula is C27H29NOS. The predicted octanol–water partition coefficient (Wildman–Crippen LogP) is 6.22. The summed E-state index contributed by atoms with van der Waals surface area (Å²) in [4.78, 5) is 15.4. The van der Waals surface area contributed by atoms with Gasteiger partial charge in [-0.3, -0.25) is 4.79 Å². The van der Waals surface area contributed by atoms with Crippen LogP contribution in [0.2, 0.25) is 0 Å². The fourth-order valence-corrected chi connectivity index (χ4v) is 5.65. The lowest BCUT2D eigenvalue weighted by molar-refractivity contribution is -0.131. The van der Waals surface area contributed by atoms with Crippen LogP contribution in [-0.4, -0.2) is 29.6 Å². The summed E-state index contributed by atoms with van der Waals surface area (Å²) in [7, 11) is 0. The minimum Gasteiger partial charge on any atom is -0.342 e. The maximum atomic E-state index is 13.3. The van der Waals surface area contributed by atoms with Crippen LogP contribution in [0.25, 0.3) is 0 Å².